The number of para-hydroxylation sites is 1. The number of benzene rings is 1. The van der Waals surface area contributed by atoms with Crippen molar-refractivity contribution in [3.05, 3.63) is 34.4 Å². The zero-order valence-corrected chi connectivity index (χ0v) is 12.4. The SMILES string of the molecule is CCN(CC(C)(C)O)S(=O)(=O)c1ccccc1[N+](=O)[O-]. The van der Waals surface area contributed by atoms with Gasteiger partial charge in [0.05, 0.1) is 10.5 Å². The number of hydrogen-bond donors (Lipinski definition) is 1. The number of nitro groups is 1. The average Bonchev–Trinajstić information content (AvgIpc) is 2.34. The maximum atomic E-state index is 12.5. The minimum atomic E-state index is -4.03. The van der Waals surface area contributed by atoms with Gasteiger partial charge in [0.1, 0.15) is 0 Å². The normalized spacial score (nSPS) is 12.7. The van der Waals surface area contributed by atoms with E-state index in [0.717, 1.165) is 10.4 Å². The molecule has 1 rings (SSSR count). The van der Waals surface area contributed by atoms with Crippen LogP contribution in [0.15, 0.2) is 29.2 Å². The first kappa shape index (κ1) is 16.5. The maximum Gasteiger partial charge on any atom is 0.289 e. The summed E-state index contributed by atoms with van der Waals surface area (Å²) in [4.78, 5) is 9.84. The van der Waals surface area contributed by atoms with Gasteiger partial charge in [0.25, 0.3) is 5.69 Å². The van der Waals surface area contributed by atoms with E-state index in [2.05, 4.69) is 0 Å². The molecule has 0 fully saturated rings. The lowest BCUT2D eigenvalue weighted by Crippen LogP contribution is -2.42. The first-order valence-corrected chi connectivity index (χ1v) is 7.49. The molecule has 0 aliphatic rings. The fraction of sp³-hybridized carbons (Fsp3) is 0.500. The van der Waals surface area contributed by atoms with Crippen LogP contribution in [0.3, 0.4) is 0 Å². The van der Waals surface area contributed by atoms with E-state index in [9.17, 15) is 23.6 Å². The predicted molar refractivity (Wildman–Crippen MR) is 73.8 cm³/mol. The van der Waals surface area contributed by atoms with Crippen LogP contribution in [-0.2, 0) is 10.0 Å². The Morgan fingerprint density at radius 1 is 1.35 bits per heavy atom. The summed E-state index contributed by atoms with van der Waals surface area (Å²) in [5.41, 5.74) is -1.70. The summed E-state index contributed by atoms with van der Waals surface area (Å²) in [6.45, 7) is 4.53. The molecule has 0 radical (unpaired) electrons. The molecule has 0 heterocycles. The lowest BCUT2D eigenvalue weighted by Gasteiger charge is -2.27. The van der Waals surface area contributed by atoms with Gasteiger partial charge < -0.3 is 5.11 Å². The van der Waals surface area contributed by atoms with E-state index in [0.29, 0.717) is 0 Å². The molecule has 0 saturated carbocycles. The zero-order chi connectivity index (χ0) is 15.6. The largest absolute Gasteiger partial charge is 0.389 e. The van der Waals surface area contributed by atoms with E-state index in [1.807, 2.05) is 0 Å². The molecule has 1 N–H and O–H groups in total. The second-order valence-electron chi connectivity index (χ2n) is 4.97. The minimum Gasteiger partial charge on any atom is -0.389 e. The second-order valence-corrected chi connectivity index (χ2v) is 6.87. The maximum absolute atomic E-state index is 12.5. The Morgan fingerprint density at radius 3 is 2.35 bits per heavy atom. The molecule has 1 aromatic carbocycles. The molecule has 0 aliphatic heterocycles. The molecular weight excluding hydrogens is 284 g/mol. The number of nitrogens with zero attached hydrogens (tertiary/aromatic N) is 2. The van der Waals surface area contributed by atoms with Crippen molar-refractivity contribution in [2.45, 2.75) is 31.3 Å². The molecule has 0 saturated heterocycles. The summed E-state index contributed by atoms with van der Waals surface area (Å²) in [6.07, 6.45) is 0. The molecule has 1 aromatic rings. The minimum absolute atomic E-state index is 0.109. The van der Waals surface area contributed by atoms with Gasteiger partial charge in [-0.1, -0.05) is 19.1 Å². The van der Waals surface area contributed by atoms with Gasteiger partial charge in [0, 0.05) is 19.2 Å². The summed E-state index contributed by atoms with van der Waals surface area (Å²) in [7, 11) is -4.03. The molecule has 0 bridgehead atoms. The average molecular weight is 302 g/mol. The van der Waals surface area contributed by atoms with E-state index >= 15 is 0 Å². The van der Waals surface area contributed by atoms with E-state index in [1.165, 1.54) is 32.0 Å². The molecule has 20 heavy (non-hydrogen) atoms. The van der Waals surface area contributed by atoms with Crippen molar-refractivity contribution in [3.8, 4) is 0 Å². The van der Waals surface area contributed by atoms with Crippen molar-refractivity contribution in [2.75, 3.05) is 13.1 Å². The van der Waals surface area contributed by atoms with Crippen LogP contribution < -0.4 is 0 Å². The fourth-order valence-corrected chi connectivity index (χ4v) is 3.52. The van der Waals surface area contributed by atoms with Crippen molar-refractivity contribution in [1.82, 2.24) is 4.31 Å². The zero-order valence-electron chi connectivity index (χ0n) is 11.6. The van der Waals surface area contributed by atoms with Crippen molar-refractivity contribution in [2.24, 2.45) is 0 Å². The van der Waals surface area contributed by atoms with Gasteiger partial charge in [0.2, 0.25) is 10.0 Å². The van der Waals surface area contributed by atoms with Gasteiger partial charge in [-0.05, 0) is 19.9 Å². The van der Waals surface area contributed by atoms with Crippen LogP contribution in [-0.4, -0.2) is 41.4 Å². The fourth-order valence-electron chi connectivity index (χ4n) is 1.76. The van der Waals surface area contributed by atoms with Gasteiger partial charge >= 0.3 is 0 Å². The standard InChI is InChI=1S/C12H18N2O5S/c1-4-13(9-12(2,3)15)20(18,19)11-8-6-5-7-10(11)14(16)17/h5-8,15H,4,9H2,1-3H3. The van der Waals surface area contributed by atoms with Crippen LogP contribution in [0.1, 0.15) is 20.8 Å². The molecule has 7 nitrogen and oxygen atoms in total. The molecular formula is C12H18N2O5S. The third-order valence-electron chi connectivity index (χ3n) is 2.60. The Labute approximate surface area is 118 Å². The van der Waals surface area contributed by atoms with E-state index < -0.39 is 26.2 Å². The molecule has 0 spiro atoms. The molecule has 0 aromatic heterocycles. The Kier molecular flexibility index (Phi) is 4.85. The predicted octanol–water partition coefficient (Wildman–Crippen LogP) is 1.38. The molecule has 112 valence electrons. The van der Waals surface area contributed by atoms with Crippen LogP contribution >= 0.6 is 0 Å². The van der Waals surface area contributed by atoms with Gasteiger partial charge in [-0.3, -0.25) is 10.1 Å². The Balaban J connectivity index is 3.32. The van der Waals surface area contributed by atoms with E-state index in [-0.39, 0.29) is 18.0 Å². The first-order chi connectivity index (χ1) is 9.09. The quantitative estimate of drug-likeness (QED) is 0.632. The molecule has 0 amide bonds. The third-order valence-corrected chi connectivity index (χ3v) is 4.56. The third kappa shape index (κ3) is 3.75. The van der Waals surface area contributed by atoms with Gasteiger partial charge in [-0.25, -0.2) is 8.42 Å². The van der Waals surface area contributed by atoms with Crippen LogP contribution in [0.5, 0.6) is 0 Å². The molecule has 8 heteroatoms. The Bertz CT molecular complexity index is 592. The number of rotatable bonds is 6. The highest BCUT2D eigenvalue weighted by atomic mass is 32.2. The number of aliphatic hydroxyl groups is 1. The monoisotopic (exact) mass is 302 g/mol. The van der Waals surface area contributed by atoms with Crippen LogP contribution in [0.25, 0.3) is 0 Å². The summed E-state index contributed by atoms with van der Waals surface area (Å²) in [6, 6.07) is 5.17. The van der Waals surface area contributed by atoms with E-state index in [4.69, 9.17) is 0 Å². The van der Waals surface area contributed by atoms with Crippen molar-refractivity contribution in [1.29, 1.82) is 0 Å². The molecule has 0 atom stereocenters. The van der Waals surface area contributed by atoms with Crippen molar-refractivity contribution < 1.29 is 18.4 Å². The molecule has 0 unspecified atom stereocenters. The Hall–Kier alpha value is -1.51. The van der Waals surface area contributed by atoms with Crippen LogP contribution in [0.2, 0.25) is 0 Å². The summed E-state index contributed by atoms with van der Waals surface area (Å²) < 4.78 is 26.0. The summed E-state index contributed by atoms with van der Waals surface area (Å²) in [5, 5.41) is 20.7. The topological polar surface area (TPSA) is 101 Å². The lowest BCUT2D eigenvalue weighted by atomic mass is 10.1. The number of sulfonamides is 1. The van der Waals surface area contributed by atoms with Gasteiger partial charge in [-0.2, -0.15) is 4.31 Å². The second kappa shape index (κ2) is 5.86. The number of likely N-dealkylation sites (N-methyl/N-ethyl adjacent to an activating group) is 1. The van der Waals surface area contributed by atoms with Gasteiger partial charge in [-0.15, -0.1) is 0 Å². The van der Waals surface area contributed by atoms with E-state index in [1.54, 1.807) is 6.92 Å². The van der Waals surface area contributed by atoms with Crippen LogP contribution in [0, 0.1) is 10.1 Å². The Morgan fingerprint density at radius 2 is 1.90 bits per heavy atom. The lowest BCUT2D eigenvalue weighted by molar-refractivity contribution is -0.387. The highest BCUT2D eigenvalue weighted by molar-refractivity contribution is 7.89. The highest BCUT2D eigenvalue weighted by Gasteiger charge is 2.33. The van der Waals surface area contributed by atoms with Crippen LogP contribution in [0.4, 0.5) is 5.69 Å². The summed E-state index contributed by atoms with van der Waals surface area (Å²) >= 11 is 0. The van der Waals surface area contributed by atoms with Crippen molar-refractivity contribution >= 4 is 15.7 Å². The first-order valence-electron chi connectivity index (χ1n) is 6.05. The van der Waals surface area contributed by atoms with Gasteiger partial charge in [0.15, 0.2) is 4.90 Å². The smallest absolute Gasteiger partial charge is 0.289 e. The van der Waals surface area contributed by atoms with Crippen molar-refractivity contribution in [3.63, 3.8) is 0 Å². The molecule has 0 aliphatic carbocycles. The number of hydrogen-bond acceptors (Lipinski definition) is 5. The number of nitro benzene ring substituents is 1. The summed E-state index contributed by atoms with van der Waals surface area (Å²) in [5.74, 6) is 0. The highest BCUT2D eigenvalue weighted by Crippen LogP contribution is 2.26.